The Kier molecular flexibility index (Phi) is 8.35. The highest BCUT2D eigenvalue weighted by Crippen LogP contribution is 2.36. The van der Waals surface area contributed by atoms with E-state index in [1.807, 2.05) is 43.0 Å². The average molecular weight is 490 g/mol. The van der Waals surface area contributed by atoms with E-state index in [4.69, 9.17) is 4.74 Å². The summed E-state index contributed by atoms with van der Waals surface area (Å²) in [7, 11) is 1.60. The lowest BCUT2D eigenvalue weighted by atomic mass is 10.1. The zero-order valence-corrected chi connectivity index (χ0v) is 20.6. The van der Waals surface area contributed by atoms with E-state index in [1.54, 1.807) is 24.1 Å². The lowest BCUT2D eigenvalue weighted by Crippen LogP contribution is -2.49. The van der Waals surface area contributed by atoms with Crippen molar-refractivity contribution in [3.05, 3.63) is 68.4 Å². The molecular formula is C24H32ClN5O4. The van der Waals surface area contributed by atoms with Crippen LogP contribution >= 0.6 is 12.4 Å². The molecule has 1 fully saturated rings. The first-order chi connectivity index (χ1) is 15.9. The largest absolute Gasteiger partial charge is 0.340 e. The lowest BCUT2D eigenvalue weighted by Gasteiger charge is -2.32. The highest BCUT2D eigenvalue weighted by atomic mass is 35.5. The number of hydrogen-bond acceptors (Lipinski definition) is 7. The first kappa shape index (κ1) is 25.7. The van der Waals surface area contributed by atoms with E-state index in [0.717, 1.165) is 25.1 Å². The van der Waals surface area contributed by atoms with Gasteiger partial charge < -0.3 is 19.9 Å². The van der Waals surface area contributed by atoms with Crippen LogP contribution in [0.15, 0.2) is 51.6 Å². The first-order valence-corrected chi connectivity index (χ1v) is 11.3. The zero-order chi connectivity index (χ0) is 23.5. The number of ketones is 1. The number of benzene rings is 1. The molecule has 0 saturated carbocycles. The second-order valence-corrected chi connectivity index (χ2v) is 8.86. The number of hydrogen-bond donors (Lipinski definition) is 2. The Labute approximate surface area is 204 Å². The lowest BCUT2D eigenvalue weighted by molar-refractivity contribution is 0.0336. The Morgan fingerprint density at radius 1 is 1.18 bits per heavy atom. The Morgan fingerprint density at radius 3 is 2.56 bits per heavy atom. The van der Waals surface area contributed by atoms with Gasteiger partial charge in [-0.15, -0.1) is 12.4 Å². The molecule has 0 radical (unpaired) electrons. The van der Waals surface area contributed by atoms with Crippen molar-refractivity contribution < 1.29 is 9.53 Å². The van der Waals surface area contributed by atoms with E-state index in [9.17, 15) is 14.4 Å². The van der Waals surface area contributed by atoms with Crippen molar-refractivity contribution in [2.75, 3.05) is 42.6 Å². The number of anilines is 2. The number of H-pyrrole nitrogens is 1. The van der Waals surface area contributed by atoms with Gasteiger partial charge in [0.15, 0.2) is 5.78 Å². The number of allylic oxidation sites excluding steroid dienone is 1. The molecule has 1 aromatic heterocycles. The van der Waals surface area contributed by atoms with Crippen LogP contribution in [0.4, 0.5) is 11.5 Å². The molecule has 1 aromatic carbocycles. The van der Waals surface area contributed by atoms with Crippen molar-refractivity contribution in [3.8, 4) is 0 Å². The number of nitrogens with zero attached hydrogens (tertiary/aromatic N) is 3. The van der Waals surface area contributed by atoms with Crippen molar-refractivity contribution in [2.45, 2.75) is 26.6 Å². The van der Waals surface area contributed by atoms with Gasteiger partial charge in [-0.2, -0.15) is 0 Å². The van der Waals surface area contributed by atoms with Crippen LogP contribution in [0.5, 0.6) is 0 Å². The highest BCUT2D eigenvalue weighted by molar-refractivity contribution is 6.00. The molecule has 0 bridgehead atoms. The molecule has 1 saturated heterocycles. The van der Waals surface area contributed by atoms with Gasteiger partial charge in [-0.1, -0.05) is 42.0 Å². The third-order valence-corrected chi connectivity index (χ3v) is 6.11. The molecular weight excluding hydrogens is 458 g/mol. The standard InChI is InChI=1S/C24H31N5O4.ClH/c1-16(2)10-12-28-20-21(31)26-23(32)27(3)22(20)29(14-19(30)18-7-5-4-6-8-18)24(28)33-15-17-9-11-25-13-17;/h4-8,10,17,24-25H,9,11-15H2,1-3H3,(H,26,31,32);1H. The maximum atomic E-state index is 13.2. The summed E-state index contributed by atoms with van der Waals surface area (Å²) in [6.45, 7) is 6.67. The predicted octanol–water partition coefficient (Wildman–Crippen LogP) is 1.88. The van der Waals surface area contributed by atoms with Gasteiger partial charge in [0.25, 0.3) is 5.56 Å². The summed E-state index contributed by atoms with van der Waals surface area (Å²) in [5.41, 5.74) is 0.982. The number of carbonyl (C=O) groups excluding carboxylic acids is 1. The second-order valence-electron chi connectivity index (χ2n) is 8.86. The quantitative estimate of drug-likeness (QED) is 0.431. The van der Waals surface area contributed by atoms with Crippen molar-refractivity contribution in [1.29, 1.82) is 0 Å². The molecule has 0 aliphatic carbocycles. The molecule has 2 N–H and O–H groups in total. The fourth-order valence-electron chi connectivity index (χ4n) is 4.31. The number of rotatable bonds is 8. The molecule has 2 aromatic rings. The van der Waals surface area contributed by atoms with Crippen LogP contribution in [0.3, 0.4) is 0 Å². The summed E-state index contributed by atoms with van der Waals surface area (Å²) in [6.07, 6.45) is 2.33. The van der Waals surface area contributed by atoms with Gasteiger partial charge in [-0.25, -0.2) is 4.79 Å². The van der Waals surface area contributed by atoms with E-state index in [-0.39, 0.29) is 24.7 Å². The highest BCUT2D eigenvalue weighted by Gasteiger charge is 2.42. The maximum absolute atomic E-state index is 13.2. The minimum atomic E-state index is -0.682. The summed E-state index contributed by atoms with van der Waals surface area (Å²) in [6, 6.07) is 9.00. The predicted molar refractivity (Wildman–Crippen MR) is 135 cm³/mol. The summed E-state index contributed by atoms with van der Waals surface area (Å²) < 4.78 is 7.76. The van der Waals surface area contributed by atoms with Crippen LogP contribution in [0.25, 0.3) is 0 Å². The summed E-state index contributed by atoms with van der Waals surface area (Å²) in [4.78, 5) is 44.5. The van der Waals surface area contributed by atoms with Crippen molar-refractivity contribution in [3.63, 3.8) is 0 Å². The van der Waals surface area contributed by atoms with Gasteiger partial charge in [0, 0.05) is 25.7 Å². The summed E-state index contributed by atoms with van der Waals surface area (Å²) in [5, 5.41) is 3.34. The van der Waals surface area contributed by atoms with Crippen molar-refractivity contribution in [2.24, 2.45) is 13.0 Å². The minimum Gasteiger partial charge on any atom is -0.340 e. The van der Waals surface area contributed by atoms with Crippen LogP contribution in [0, 0.1) is 5.92 Å². The summed E-state index contributed by atoms with van der Waals surface area (Å²) >= 11 is 0. The van der Waals surface area contributed by atoms with Gasteiger partial charge in [0.05, 0.1) is 13.2 Å². The van der Waals surface area contributed by atoms with Crippen molar-refractivity contribution >= 4 is 29.7 Å². The van der Waals surface area contributed by atoms with Gasteiger partial charge in [0.2, 0.25) is 6.35 Å². The number of ether oxygens (including phenoxy) is 1. The van der Waals surface area contributed by atoms with Crippen LogP contribution in [-0.4, -0.2) is 54.5 Å². The molecule has 3 heterocycles. The maximum Gasteiger partial charge on any atom is 0.329 e. The van der Waals surface area contributed by atoms with Gasteiger partial charge >= 0.3 is 5.69 Å². The molecule has 184 valence electrons. The van der Waals surface area contributed by atoms with Crippen molar-refractivity contribution in [1.82, 2.24) is 14.9 Å². The minimum absolute atomic E-state index is 0. The van der Waals surface area contributed by atoms with E-state index >= 15 is 0 Å². The Hall–Kier alpha value is -2.88. The third-order valence-electron chi connectivity index (χ3n) is 6.11. The molecule has 4 rings (SSSR count). The fourth-order valence-corrected chi connectivity index (χ4v) is 4.31. The second kappa shape index (κ2) is 11.0. The topological polar surface area (TPSA) is 99.7 Å². The molecule has 2 atom stereocenters. The number of fused-ring (bicyclic) bond motifs is 1. The molecule has 0 spiro atoms. The monoisotopic (exact) mass is 489 g/mol. The van der Waals surface area contributed by atoms with Crippen LogP contribution in [0.1, 0.15) is 30.6 Å². The number of carbonyl (C=O) groups is 1. The average Bonchev–Trinajstić information content (AvgIpc) is 3.41. The van der Waals surface area contributed by atoms with Crippen LogP contribution < -0.4 is 26.4 Å². The first-order valence-electron chi connectivity index (χ1n) is 11.3. The third kappa shape index (κ3) is 5.27. The molecule has 2 aliphatic rings. The molecule has 2 unspecified atom stereocenters. The smallest absolute Gasteiger partial charge is 0.329 e. The van der Waals surface area contributed by atoms with Gasteiger partial charge in [-0.3, -0.25) is 19.1 Å². The fraction of sp³-hybridized carbons (Fsp3) is 0.458. The number of aromatic nitrogens is 2. The van der Waals surface area contributed by atoms with E-state index in [2.05, 4.69) is 10.3 Å². The van der Waals surface area contributed by atoms with E-state index in [1.165, 1.54) is 4.57 Å². The van der Waals surface area contributed by atoms with Gasteiger partial charge in [-0.05, 0) is 32.7 Å². The summed E-state index contributed by atoms with van der Waals surface area (Å²) in [5.74, 6) is 0.631. The molecule has 10 heteroatoms. The Balaban J connectivity index is 0.00000324. The van der Waals surface area contributed by atoms with E-state index < -0.39 is 17.6 Å². The Bertz CT molecular complexity index is 1150. The van der Waals surface area contributed by atoms with Gasteiger partial charge in [0.1, 0.15) is 11.5 Å². The van der Waals surface area contributed by atoms with Crippen LogP contribution in [-0.2, 0) is 11.8 Å². The Morgan fingerprint density at radius 2 is 1.91 bits per heavy atom. The number of nitrogens with one attached hydrogen (secondary N) is 2. The molecule has 2 aliphatic heterocycles. The molecule has 0 amide bonds. The van der Waals surface area contributed by atoms with Crippen LogP contribution in [0.2, 0.25) is 0 Å². The number of aromatic amines is 1. The molecule has 9 nitrogen and oxygen atoms in total. The number of Topliss-reactive ketones (excluding diaryl/α,β-unsaturated/α-hetero) is 1. The zero-order valence-electron chi connectivity index (χ0n) is 19.7. The molecule has 34 heavy (non-hydrogen) atoms. The van der Waals surface area contributed by atoms with E-state index in [0.29, 0.717) is 36.1 Å². The number of halogens is 1. The normalized spacial score (nSPS) is 19.0. The SMILES string of the molecule is CC(C)=CCN1c2c(n(C)c(=O)[nH]c2=O)N(CC(=O)c2ccccc2)C1OCC1CCNC1.Cl.